The van der Waals surface area contributed by atoms with Crippen LogP contribution in [0.25, 0.3) is 22.1 Å². The van der Waals surface area contributed by atoms with E-state index in [1.807, 2.05) is 36.4 Å². The summed E-state index contributed by atoms with van der Waals surface area (Å²) in [6.07, 6.45) is 2.91. The fourth-order valence-electron chi connectivity index (χ4n) is 5.70. The number of alkyl carbamates (subject to hydrolysis) is 1. The van der Waals surface area contributed by atoms with Crippen molar-refractivity contribution in [2.24, 2.45) is 0 Å². The highest BCUT2D eigenvalue weighted by molar-refractivity contribution is 5.93. The standard InChI is InChI=1S/C35H37FN2O6/c1-5-41-30(39)18-21-8-7-11-28-33(21)43-29(20-38(28)25-12-13-25)24-16-22-14-15-42-32(22)27(17-24)26-10-6-9-23(31(26)36)19-37-34(40)44-35(2,3)4/h6-11,14-17,25,29H,5,12-13,18-20H2,1-4H3,(H,37,40). The minimum Gasteiger partial charge on any atom is -0.481 e. The lowest BCUT2D eigenvalue weighted by molar-refractivity contribution is -0.142. The Bertz CT molecular complexity index is 1700. The number of furan rings is 1. The molecule has 0 spiro atoms. The van der Waals surface area contributed by atoms with E-state index in [0.717, 1.165) is 35.0 Å². The maximum Gasteiger partial charge on any atom is 0.407 e. The van der Waals surface area contributed by atoms with Crippen LogP contribution < -0.4 is 15.0 Å². The number of halogens is 1. The van der Waals surface area contributed by atoms with Gasteiger partial charge in [-0.1, -0.05) is 30.3 Å². The lowest BCUT2D eigenvalue weighted by atomic mass is 9.95. The van der Waals surface area contributed by atoms with Gasteiger partial charge in [0.05, 0.1) is 31.5 Å². The number of nitrogens with one attached hydrogen (secondary N) is 1. The van der Waals surface area contributed by atoms with Gasteiger partial charge in [0.2, 0.25) is 0 Å². The second-order valence-electron chi connectivity index (χ2n) is 12.3. The Hall–Kier alpha value is -4.53. The fourth-order valence-corrected chi connectivity index (χ4v) is 5.70. The SMILES string of the molecule is CCOC(=O)Cc1cccc2c1OC(c1cc(-c3cccc(CNC(=O)OC(C)(C)C)c3F)c3occc3c1)CN2C1CC1. The Morgan fingerprint density at radius 2 is 1.82 bits per heavy atom. The van der Waals surface area contributed by atoms with Gasteiger partial charge in [0, 0.05) is 40.2 Å². The molecule has 1 aliphatic carbocycles. The fraction of sp³-hybridized carbons (Fsp3) is 0.371. The number of amides is 1. The number of para-hydroxylation sites is 1. The quantitative estimate of drug-likeness (QED) is 0.210. The molecule has 44 heavy (non-hydrogen) atoms. The first-order valence-electron chi connectivity index (χ1n) is 15.1. The van der Waals surface area contributed by atoms with Crippen LogP contribution in [0.5, 0.6) is 5.75 Å². The van der Waals surface area contributed by atoms with Gasteiger partial charge in [-0.3, -0.25) is 4.79 Å². The number of nitrogens with zero attached hydrogens (tertiary/aromatic N) is 1. The highest BCUT2D eigenvalue weighted by atomic mass is 19.1. The van der Waals surface area contributed by atoms with Crippen molar-refractivity contribution in [1.29, 1.82) is 0 Å². The number of hydrogen-bond acceptors (Lipinski definition) is 7. The first-order chi connectivity index (χ1) is 21.1. The summed E-state index contributed by atoms with van der Waals surface area (Å²) in [5.41, 5.74) is 3.79. The van der Waals surface area contributed by atoms with Gasteiger partial charge in [-0.15, -0.1) is 0 Å². The molecule has 2 heterocycles. The molecule has 1 fully saturated rings. The molecule has 0 saturated heterocycles. The second-order valence-corrected chi connectivity index (χ2v) is 12.3. The number of carbonyl (C=O) groups is 2. The summed E-state index contributed by atoms with van der Waals surface area (Å²) >= 11 is 0. The molecule has 9 heteroatoms. The van der Waals surface area contributed by atoms with Crippen LogP contribution in [0, 0.1) is 5.82 Å². The molecule has 2 aliphatic rings. The largest absolute Gasteiger partial charge is 0.481 e. The predicted octanol–water partition coefficient (Wildman–Crippen LogP) is 7.47. The number of fused-ring (bicyclic) bond motifs is 2. The molecular formula is C35H37FN2O6. The Kier molecular flexibility index (Phi) is 7.97. The van der Waals surface area contributed by atoms with Crippen LogP contribution in [0.3, 0.4) is 0 Å². The number of benzene rings is 3. The van der Waals surface area contributed by atoms with Crippen molar-refractivity contribution >= 4 is 28.7 Å². The van der Waals surface area contributed by atoms with Crippen LogP contribution in [0.4, 0.5) is 14.9 Å². The molecule has 230 valence electrons. The average Bonchev–Trinajstić information content (AvgIpc) is 3.71. The van der Waals surface area contributed by atoms with Crippen molar-refractivity contribution in [3.05, 3.63) is 83.4 Å². The minimum atomic E-state index is -0.661. The van der Waals surface area contributed by atoms with Gasteiger partial charge in [0.1, 0.15) is 28.9 Å². The van der Waals surface area contributed by atoms with Crippen molar-refractivity contribution in [3.63, 3.8) is 0 Å². The Balaban J connectivity index is 1.35. The summed E-state index contributed by atoms with van der Waals surface area (Å²) in [6.45, 7) is 8.01. The van der Waals surface area contributed by atoms with Crippen LogP contribution in [0.2, 0.25) is 0 Å². The molecule has 1 N–H and O–H groups in total. The third kappa shape index (κ3) is 6.23. The highest BCUT2D eigenvalue weighted by Crippen LogP contribution is 2.46. The van der Waals surface area contributed by atoms with Gasteiger partial charge in [-0.2, -0.15) is 0 Å². The summed E-state index contributed by atoms with van der Waals surface area (Å²) in [4.78, 5) is 27.0. The van der Waals surface area contributed by atoms with E-state index >= 15 is 4.39 Å². The first-order valence-corrected chi connectivity index (χ1v) is 15.1. The molecule has 1 saturated carbocycles. The Morgan fingerprint density at radius 1 is 1.05 bits per heavy atom. The number of esters is 1. The molecule has 4 aromatic rings. The summed E-state index contributed by atoms with van der Waals surface area (Å²) in [7, 11) is 0. The molecule has 1 amide bonds. The third-order valence-corrected chi connectivity index (χ3v) is 7.77. The topological polar surface area (TPSA) is 90.2 Å². The van der Waals surface area contributed by atoms with E-state index in [-0.39, 0.29) is 25.0 Å². The van der Waals surface area contributed by atoms with Crippen LogP contribution in [-0.4, -0.2) is 36.9 Å². The third-order valence-electron chi connectivity index (χ3n) is 7.77. The number of ether oxygens (including phenoxy) is 3. The predicted molar refractivity (Wildman–Crippen MR) is 165 cm³/mol. The molecule has 1 aromatic heterocycles. The molecule has 8 nitrogen and oxygen atoms in total. The smallest absolute Gasteiger partial charge is 0.407 e. The molecule has 1 unspecified atom stereocenters. The van der Waals surface area contributed by atoms with Crippen molar-refractivity contribution < 1.29 is 32.6 Å². The molecule has 1 aliphatic heterocycles. The molecule has 6 rings (SSSR count). The zero-order valence-corrected chi connectivity index (χ0v) is 25.4. The summed E-state index contributed by atoms with van der Waals surface area (Å²) in [6, 6.07) is 17.2. The van der Waals surface area contributed by atoms with E-state index < -0.39 is 17.5 Å². The van der Waals surface area contributed by atoms with E-state index in [1.54, 1.807) is 52.2 Å². The minimum absolute atomic E-state index is 0.0301. The normalized spacial score (nSPS) is 16.3. The van der Waals surface area contributed by atoms with Crippen molar-refractivity contribution in [3.8, 4) is 16.9 Å². The number of anilines is 1. The number of rotatable bonds is 8. The molecule has 0 bridgehead atoms. The van der Waals surface area contributed by atoms with Gasteiger partial charge in [-0.05, 0) is 70.4 Å². The average molecular weight is 601 g/mol. The second kappa shape index (κ2) is 11.9. The van der Waals surface area contributed by atoms with E-state index in [4.69, 9.17) is 18.6 Å². The van der Waals surface area contributed by atoms with Crippen LogP contribution in [-0.2, 0) is 27.2 Å². The Labute approximate surface area is 256 Å². The van der Waals surface area contributed by atoms with Gasteiger partial charge >= 0.3 is 12.1 Å². The van der Waals surface area contributed by atoms with E-state index in [0.29, 0.717) is 47.2 Å². The van der Waals surface area contributed by atoms with Crippen LogP contribution in [0.1, 0.15) is 63.3 Å². The monoisotopic (exact) mass is 600 g/mol. The maximum atomic E-state index is 16.0. The van der Waals surface area contributed by atoms with E-state index in [1.165, 1.54) is 0 Å². The summed E-state index contributed by atoms with van der Waals surface area (Å²) in [5.74, 6) is -0.0770. The molecule has 0 radical (unpaired) electrons. The molecular weight excluding hydrogens is 563 g/mol. The lowest BCUT2D eigenvalue weighted by Crippen LogP contribution is -2.37. The number of hydrogen-bond donors (Lipinski definition) is 1. The highest BCUT2D eigenvalue weighted by Gasteiger charge is 2.38. The van der Waals surface area contributed by atoms with Gasteiger partial charge < -0.3 is 28.8 Å². The van der Waals surface area contributed by atoms with Crippen molar-refractivity contribution in [2.45, 2.75) is 71.2 Å². The van der Waals surface area contributed by atoms with Crippen LogP contribution >= 0.6 is 0 Å². The molecule has 1 atom stereocenters. The van der Waals surface area contributed by atoms with Crippen molar-refractivity contribution in [2.75, 3.05) is 18.1 Å². The number of carbonyl (C=O) groups excluding carboxylic acids is 2. The van der Waals surface area contributed by atoms with Gasteiger partial charge in [0.25, 0.3) is 0 Å². The summed E-state index contributed by atoms with van der Waals surface area (Å²) in [5, 5.41) is 3.47. The maximum absolute atomic E-state index is 16.0. The summed E-state index contributed by atoms with van der Waals surface area (Å²) < 4.78 is 39.1. The molecule has 3 aromatic carbocycles. The lowest BCUT2D eigenvalue weighted by Gasteiger charge is -2.38. The Morgan fingerprint density at radius 3 is 2.57 bits per heavy atom. The van der Waals surface area contributed by atoms with Gasteiger partial charge in [0.15, 0.2) is 0 Å². The van der Waals surface area contributed by atoms with Crippen LogP contribution in [0.15, 0.2) is 65.3 Å². The zero-order valence-electron chi connectivity index (χ0n) is 25.4. The van der Waals surface area contributed by atoms with Crippen molar-refractivity contribution in [1.82, 2.24) is 5.32 Å². The zero-order chi connectivity index (χ0) is 31.0. The van der Waals surface area contributed by atoms with E-state index in [2.05, 4.69) is 10.2 Å². The first kappa shape index (κ1) is 29.5. The van der Waals surface area contributed by atoms with E-state index in [9.17, 15) is 9.59 Å². The van der Waals surface area contributed by atoms with Gasteiger partial charge in [-0.25, -0.2) is 9.18 Å².